The monoisotopic (exact) mass is 326 g/mol. The molecule has 0 fully saturated rings. The predicted molar refractivity (Wildman–Crippen MR) is 74.3 cm³/mol. The Morgan fingerprint density at radius 2 is 1.89 bits per heavy atom. The van der Waals surface area contributed by atoms with E-state index in [1.54, 1.807) is 24.3 Å². The van der Waals surface area contributed by atoms with Crippen molar-refractivity contribution in [1.82, 2.24) is 5.43 Å². The highest BCUT2D eigenvalue weighted by Crippen LogP contribution is 2.26. The van der Waals surface area contributed by atoms with Crippen molar-refractivity contribution in [2.75, 3.05) is 0 Å². The zero-order valence-electron chi connectivity index (χ0n) is 10.0. The van der Waals surface area contributed by atoms with Gasteiger partial charge >= 0.3 is 0 Å². The molecule has 0 saturated heterocycles. The number of hydrazine groups is 1. The van der Waals surface area contributed by atoms with Gasteiger partial charge in [-0.15, -0.1) is 0 Å². The number of hydrogen-bond donors (Lipinski definition) is 2. The van der Waals surface area contributed by atoms with Crippen molar-refractivity contribution in [3.63, 3.8) is 0 Å². The third-order valence-electron chi connectivity index (χ3n) is 2.91. The van der Waals surface area contributed by atoms with Crippen molar-refractivity contribution < 1.29 is 8.78 Å². The fourth-order valence-electron chi connectivity index (χ4n) is 1.92. The quantitative estimate of drug-likeness (QED) is 0.667. The number of nitrogens with two attached hydrogens (primary N) is 1. The summed E-state index contributed by atoms with van der Waals surface area (Å²) >= 11 is 3.21. The number of rotatable bonds is 4. The van der Waals surface area contributed by atoms with E-state index in [-0.39, 0.29) is 17.7 Å². The Hall–Kier alpha value is -1.30. The summed E-state index contributed by atoms with van der Waals surface area (Å²) in [5.41, 5.74) is 4.12. The van der Waals surface area contributed by atoms with E-state index in [1.807, 2.05) is 0 Å². The Bertz CT molecular complexity index is 575. The van der Waals surface area contributed by atoms with E-state index in [4.69, 9.17) is 5.84 Å². The Kier molecular flexibility index (Phi) is 4.63. The van der Waals surface area contributed by atoms with E-state index in [0.29, 0.717) is 10.9 Å². The number of benzene rings is 2. The van der Waals surface area contributed by atoms with E-state index in [9.17, 15) is 8.78 Å². The first kappa shape index (κ1) is 14.1. The normalized spacial score (nSPS) is 12.4. The van der Waals surface area contributed by atoms with Crippen LogP contribution in [0.3, 0.4) is 0 Å². The Labute approximate surface area is 118 Å². The molecule has 100 valence electrons. The molecule has 0 saturated carbocycles. The van der Waals surface area contributed by atoms with Gasteiger partial charge in [0.15, 0.2) is 0 Å². The smallest absolute Gasteiger partial charge is 0.137 e. The van der Waals surface area contributed by atoms with Gasteiger partial charge in [-0.25, -0.2) is 8.78 Å². The largest absolute Gasteiger partial charge is 0.271 e. The molecule has 0 heterocycles. The molecule has 0 aliphatic heterocycles. The van der Waals surface area contributed by atoms with Crippen molar-refractivity contribution in [2.45, 2.75) is 12.5 Å². The maximum Gasteiger partial charge on any atom is 0.137 e. The Morgan fingerprint density at radius 1 is 1.16 bits per heavy atom. The predicted octanol–water partition coefficient (Wildman–Crippen LogP) is 3.47. The van der Waals surface area contributed by atoms with Crippen LogP contribution in [0.2, 0.25) is 0 Å². The highest BCUT2D eigenvalue weighted by atomic mass is 79.9. The first-order valence-electron chi connectivity index (χ1n) is 5.76. The molecule has 2 aromatic carbocycles. The van der Waals surface area contributed by atoms with Gasteiger partial charge in [-0.1, -0.05) is 24.3 Å². The zero-order valence-corrected chi connectivity index (χ0v) is 11.6. The molecule has 0 aliphatic rings. The van der Waals surface area contributed by atoms with Gasteiger partial charge in [0.05, 0.1) is 10.5 Å². The van der Waals surface area contributed by atoms with Crippen LogP contribution >= 0.6 is 15.9 Å². The number of hydrogen-bond acceptors (Lipinski definition) is 2. The first-order chi connectivity index (χ1) is 9.11. The molecule has 0 spiro atoms. The molecule has 5 heteroatoms. The van der Waals surface area contributed by atoms with Gasteiger partial charge in [-0.2, -0.15) is 0 Å². The molecule has 19 heavy (non-hydrogen) atoms. The molecule has 2 nitrogen and oxygen atoms in total. The van der Waals surface area contributed by atoms with Crippen molar-refractivity contribution in [3.8, 4) is 0 Å². The second kappa shape index (κ2) is 6.23. The van der Waals surface area contributed by atoms with E-state index < -0.39 is 0 Å². The fraction of sp³-hybridized carbons (Fsp3) is 0.143. The average Bonchev–Trinajstić information content (AvgIpc) is 2.40. The summed E-state index contributed by atoms with van der Waals surface area (Å²) in [6.07, 6.45) is 0.457. The van der Waals surface area contributed by atoms with Gasteiger partial charge in [-0.05, 0) is 51.7 Å². The van der Waals surface area contributed by atoms with Crippen molar-refractivity contribution >= 4 is 15.9 Å². The van der Waals surface area contributed by atoms with Gasteiger partial charge in [0.2, 0.25) is 0 Å². The highest BCUT2D eigenvalue weighted by Gasteiger charge is 2.14. The zero-order chi connectivity index (χ0) is 13.8. The minimum absolute atomic E-state index is 0.284. The van der Waals surface area contributed by atoms with Gasteiger partial charge in [0.25, 0.3) is 0 Å². The molecule has 2 rings (SSSR count). The van der Waals surface area contributed by atoms with E-state index in [2.05, 4.69) is 21.4 Å². The lowest BCUT2D eigenvalue weighted by Crippen LogP contribution is -2.29. The summed E-state index contributed by atoms with van der Waals surface area (Å²) < 4.78 is 27.1. The van der Waals surface area contributed by atoms with E-state index in [0.717, 1.165) is 11.1 Å². The molecule has 0 radical (unpaired) electrons. The standard InChI is InChI=1S/C14H13BrF2N2/c15-14-10(4-2-6-12(14)17)8-13(19-18)9-3-1-5-11(16)7-9/h1-7,13,19H,8,18H2. The Morgan fingerprint density at radius 3 is 2.58 bits per heavy atom. The summed E-state index contributed by atoms with van der Waals surface area (Å²) in [6, 6.07) is 10.7. The van der Waals surface area contributed by atoms with E-state index >= 15 is 0 Å². The Balaban J connectivity index is 2.26. The molecular formula is C14H13BrF2N2. The number of nitrogens with one attached hydrogen (secondary N) is 1. The van der Waals surface area contributed by atoms with Crippen molar-refractivity contribution in [2.24, 2.45) is 5.84 Å². The van der Waals surface area contributed by atoms with Crippen LogP contribution in [0, 0.1) is 11.6 Å². The van der Waals surface area contributed by atoms with Crippen LogP contribution in [-0.4, -0.2) is 0 Å². The molecule has 3 N–H and O–H groups in total. The molecule has 1 atom stereocenters. The minimum atomic E-state index is -0.326. The minimum Gasteiger partial charge on any atom is -0.271 e. The lowest BCUT2D eigenvalue weighted by Gasteiger charge is -2.17. The van der Waals surface area contributed by atoms with Gasteiger partial charge in [0.1, 0.15) is 11.6 Å². The lowest BCUT2D eigenvalue weighted by atomic mass is 9.99. The van der Waals surface area contributed by atoms with Crippen molar-refractivity contribution in [1.29, 1.82) is 0 Å². The maximum absolute atomic E-state index is 13.4. The van der Waals surface area contributed by atoms with Crippen LogP contribution in [0.4, 0.5) is 8.78 Å². The molecule has 2 aromatic rings. The molecule has 0 bridgehead atoms. The highest BCUT2D eigenvalue weighted by molar-refractivity contribution is 9.10. The van der Waals surface area contributed by atoms with Crippen LogP contribution in [-0.2, 0) is 6.42 Å². The third-order valence-corrected chi connectivity index (χ3v) is 3.80. The van der Waals surface area contributed by atoms with Gasteiger partial charge in [0, 0.05) is 0 Å². The summed E-state index contributed by atoms with van der Waals surface area (Å²) in [4.78, 5) is 0. The van der Waals surface area contributed by atoms with E-state index in [1.165, 1.54) is 18.2 Å². The molecule has 0 aromatic heterocycles. The second-order valence-electron chi connectivity index (χ2n) is 4.19. The molecule has 1 unspecified atom stereocenters. The van der Waals surface area contributed by atoms with Crippen LogP contribution in [0.15, 0.2) is 46.9 Å². The fourth-order valence-corrected chi connectivity index (χ4v) is 2.35. The van der Waals surface area contributed by atoms with Crippen LogP contribution in [0.25, 0.3) is 0 Å². The molecule has 0 aliphatic carbocycles. The van der Waals surface area contributed by atoms with Crippen molar-refractivity contribution in [3.05, 3.63) is 69.7 Å². The second-order valence-corrected chi connectivity index (χ2v) is 4.98. The van der Waals surface area contributed by atoms with Crippen LogP contribution in [0.5, 0.6) is 0 Å². The van der Waals surface area contributed by atoms with Gasteiger partial charge < -0.3 is 0 Å². The summed E-state index contributed by atoms with van der Waals surface area (Å²) in [5, 5.41) is 0. The summed E-state index contributed by atoms with van der Waals surface area (Å²) in [6.45, 7) is 0. The lowest BCUT2D eigenvalue weighted by molar-refractivity contribution is 0.540. The van der Waals surface area contributed by atoms with Gasteiger partial charge in [-0.3, -0.25) is 11.3 Å². The first-order valence-corrected chi connectivity index (χ1v) is 6.55. The third kappa shape index (κ3) is 3.37. The maximum atomic E-state index is 13.4. The summed E-state index contributed by atoms with van der Waals surface area (Å²) in [7, 11) is 0. The molecule has 0 amide bonds. The number of halogens is 3. The summed E-state index contributed by atoms with van der Waals surface area (Å²) in [5.74, 6) is 4.86. The molecular weight excluding hydrogens is 314 g/mol. The van der Waals surface area contributed by atoms with Crippen LogP contribution < -0.4 is 11.3 Å². The van der Waals surface area contributed by atoms with Crippen LogP contribution in [0.1, 0.15) is 17.2 Å². The SMILES string of the molecule is NNC(Cc1cccc(F)c1Br)c1cccc(F)c1. The topological polar surface area (TPSA) is 38.0 Å². The average molecular weight is 327 g/mol.